The van der Waals surface area contributed by atoms with Gasteiger partial charge in [0.25, 0.3) is 0 Å². The third kappa shape index (κ3) is 2.68. The first kappa shape index (κ1) is 14.1. The van der Waals surface area contributed by atoms with E-state index in [2.05, 4.69) is 10.3 Å². The number of nitrogens with zero attached hydrogens (tertiary/aromatic N) is 3. The lowest BCUT2D eigenvalue weighted by Gasteiger charge is -2.39. The standard InChI is InChI=1S/C15H23N5O/c1-19(2)13-4-6-17-12(7-13)8-18-14(21)20-9-11-3-5-15(11,16)10-20/h4,6-7,11H,3,5,8-10,16H2,1-2H3,(H,18,21)/t11-,15-/m0/s1. The maximum Gasteiger partial charge on any atom is 0.317 e. The van der Waals surface area contributed by atoms with Gasteiger partial charge >= 0.3 is 6.03 Å². The van der Waals surface area contributed by atoms with Crippen LogP contribution in [-0.4, -0.2) is 48.6 Å². The summed E-state index contributed by atoms with van der Waals surface area (Å²) in [7, 11) is 3.97. The zero-order valence-electron chi connectivity index (χ0n) is 12.7. The van der Waals surface area contributed by atoms with Crippen LogP contribution in [0.15, 0.2) is 18.3 Å². The molecule has 2 fully saturated rings. The molecule has 1 saturated heterocycles. The van der Waals surface area contributed by atoms with E-state index in [4.69, 9.17) is 5.73 Å². The number of likely N-dealkylation sites (tertiary alicyclic amines) is 1. The molecular formula is C15H23N5O. The lowest BCUT2D eigenvalue weighted by atomic mass is 9.70. The van der Waals surface area contributed by atoms with Gasteiger partial charge in [-0.05, 0) is 30.9 Å². The Morgan fingerprint density at radius 3 is 3.00 bits per heavy atom. The molecule has 1 aromatic rings. The number of nitrogens with two attached hydrogens (primary N) is 1. The van der Waals surface area contributed by atoms with Crippen LogP contribution < -0.4 is 16.0 Å². The van der Waals surface area contributed by atoms with Gasteiger partial charge in [-0.15, -0.1) is 0 Å². The van der Waals surface area contributed by atoms with Gasteiger partial charge in [-0.3, -0.25) is 4.98 Å². The Bertz CT molecular complexity index is 547. The highest BCUT2D eigenvalue weighted by atomic mass is 16.2. The van der Waals surface area contributed by atoms with Gasteiger partial charge in [0.15, 0.2) is 0 Å². The van der Waals surface area contributed by atoms with Crippen molar-refractivity contribution in [3.8, 4) is 0 Å². The number of nitrogens with one attached hydrogen (secondary N) is 1. The Labute approximate surface area is 125 Å². The van der Waals surface area contributed by atoms with Crippen LogP contribution in [0.4, 0.5) is 10.5 Å². The molecule has 1 aliphatic heterocycles. The number of anilines is 1. The van der Waals surface area contributed by atoms with Crippen molar-refractivity contribution in [3.05, 3.63) is 24.0 Å². The highest BCUT2D eigenvalue weighted by Gasteiger charge is 2.51. The van der Waals surface area contributed by atoms with Crippen molar-refractivity contribution in [2.45, 2.75) is 24.9 Å². The molecule has 2 aliphatic rings. The molecule has 0 bridgehead atoms. The fourth-order valence-corrected chi connectivity index (χ4v) is 3.16. The quantitative estimate of drug-likeness (QED) is 0.862. The van der Waals surface area contributed by atoms with E-state index in [0.29, 0.717) is 19.0 Å². The molecule has 0 aromatic carbocycles. The summed E-state index contributed by atoms with van der Waals surface area (Å²) in [5.41, 5.74) is 8.07. The number of hydrogen-bond acceptors (Lipinski definition) is 4. The van der Waals surface area contributed by atoms with Crippen molar-refractivity contribution in [1.82, 2.24) is 15.2 Å². The molecule has 2 atom stereocenters. The summed E-state index contributed by atoms with van der Waals surface area (Å²) in [6.45, 7) is 1.90. The molecule has 2 amide bonds. The molecule has 1 saturated carbocycles. The molecule has 21 heavy (non-hydrogen) atoms. The summed E-state index contributed by atoms with van der Waals surface area (Å²) in [6.07, 6.45) is 3.95. The van der Waals surface area contributed by atoms with Crippen LogP contribution in [0.2, 0.25) is 0 Å². The Balaban J connectivity index is 1.55. The lowest BCUT2D eigenvalue weighted by molar-refractivity contribution is 0.187. The van der Waals surface area contributed by atoms with Gasteiger partial charge in [0.2, 0.25) is 0 Å². The number of amides is 2. The molecule has 2 heterocycles. The van der Waals surface area contributed by atoms with Crippen LogP contribution in [0.3, 0.4) is 0 Å². The molecule has 0 unspecified atom stereocenters. The molecule has 114 valence electrons. The average Bonchev–Trinajstić information content (AvgIpc) is 2.69. The zero-order valence-corrected chi connectivity index (χ0v) is 12.7. The molecule has 0 radical (unpaired) electrons. The van der Waals surface area contributed by atoms with Gasteiger partial charge in [-0.25, -0.2) is 4.79 Å². The zero-order chi connectivity index (χ0) is 15.0. The highest BCUT2D eigenvalue weighted by molar-refractivity contribution is 5.75. The largest absolute Gasteiger partial charge is 0.378 e. The Kier molecular flexibility index (Phi) is 3.49. The van der Waals surface area contributed by atoms with E-state index < -0.39 is 0 Å². The van der Waals surface area contributed by atoms with E-state index in [1.807, 2.05) is 36.0 Å². The number of hydrogen-bond donors (Lipinski definition) is 2. The van der Waals surface area contributed by atoms with Crippen molar-refractivity contribution >= 4 is 11.7 Å². The van der Waals surface area contributed by atoms with Crippen LogP contribution in [0.25, 0.3) is 0 Å². The van der Waals surface area contributed by atoms with Gasteiger partial charge in [0.05, 0.1) is 12.2 Å². The second-order valence-corrected chi connectivity index (χ2v) is 6.41. The van der Waals surface area contributed by atoms with E-state index in [1.54, 1.807) is 6.20 Å². The number of fused-ring (bicyclic) bond motifs is 1. The molecule has 6 nitrogen and oxygen atoms in total. The van der Waals surface area contributed by atoms with E-state index in [-0.39, 0.29) is 11.6 Å². The van der Waals surface area contributed by atoms with Gasteiger partial charge in [0, 0.05) is 44.6 Å². The van der Waals surface area contributed by atoms with Gasteiger partial charge in [-0.2, -0.15) is 0 Å². The van der Waals surface area contributed by atoms with Crippen LogP contribution in [0.5, 0.6) is 0 Å². The minimum atomic E-state index is -0.125. The van der Waals surface area contributed by atoms with Crippen molar-refractivity contribution in [3.63, 3.8) is 0 Å². The van der Waals surface area contributed by atoms with E-state index in [0.717, 1.165) is 30.8 Å². The van der Waals surface area contributed by atoms with Gasteiger partial charge in [-0.1, -0.05) is 0 Å². The molecule has 3 rings (SSSR count). The first-order valence-electron chi connectivity index (χ1n) is 7.42. The SMILES string of the molecule is CN(C)c1ccnc(CNC(=O)N2C[C@@H]3CC[C@]3(N)C2)c1. The predicted molar refractivity (Wildman–Crippen MR) is 82.0 cm³/mol. The fourth-order valence-electron chi connectivity index (χ4n) is 3.16. The molecule has 1 aliphatic carbocycles. The fraction of sp³-hybridized carbons (Fsp3) is 0.600. The van der Waals surface area contributed by atoms with Gasteiger partial charge < -0.3 is 20.9 Å². The molecule has 3 N–H and O–H groups in total. The van der Waals surface area contributed by atoms with Crippen LogP contribution in [0.1, 0.15) is 18.5 Å². The Morgan fingerprint density at radius 1 is 1.62 bits per heavy atom. The molecule has 0 spiro atoms. The Hall–Kier alpha value is -1.82. The number of aromatic nitrogens is 1. The number of rotatable bonds is 3. The van der Waals surface area contributed by atoms with E-state index in [1.165, 1.54) is 0 Å². The predicted octanol–water partition coefficient (Wildman–Crippen LogP) is 0.780. The summed E-state index contributed by atoms with van der Waals surface area (Å²) in [5, 5.41) is 2.94. The van der Waals surface area contributed by atoms with Crippen LogP contribution in [0, 0.1) is 5.92 Å². The minimum absolute atomic E-state index is 0.0359. The normalized spacial score (nSPS) is 27.0. The topological polar surface area (TPSA) is 74.5 Å². The highest BCUT2D eigenvalue weighted by Crippen LogP contribution is 2.42. The van der Waals surface area contributed by atoms with E-state index in [9.17, 15) is 4.79 Å². The summed E-state index contributed by atoms with van der Waals surface area (Å²) in [5.74, 6) is 0.485. The van der Waals surface area contributed by atoms with E-state index >= 15 is 0 Å². The van der Waals surface area contributed by atoms with Gasteiger partial charge in [0.1, 0.15) is 0 Å². The summed E-state index contributed by atoms with van der Waals surface area (Å²) in [6, 6.07) is 3.89. The molecule has 6 heteroatoms. The summed E-state index contributed by atoms with van der Waals surface area (Å²) in [4.78, 5) is 20.4. The van der Waals surface area contributed by atoms with Crippen LogP contribution in [-0.2, 0) is 6.54 Å². The lowest BCUT2D eigenvalue weighted by Crippen LogP contribution is -2.55. The number of carbonyl (C=O) groups is 1. The number of urea groups is 1. The van der Waals surface area contributed by atoms with Crippen molar-refractivity contribution in [2.24, 2.45) is 11.7 Å². The average molecular weight is 289 g/mol. The molecule has 1 aromatic heterocycles. The second kappa shape index (κ2) is 5.18. The number of pyridine rings is 1. The second-order valence-electron chi connectivity index (χ2n) is 6.41. The van der Waals surface area contributed by atoms with Crippen molar-refractivity contribution < 1.29 is 4.79 Å². The summed E-state index contributed by atoms with van der Waals surface area (Å²) >= 11 is 0. The maximum absolute atomic E-state index is 12.2. The smallest absolute Gasteiger partial charge is 0.317 e. The van der Waals surface area contributed by atoms with Crippen molar-refractivity contribution in [1.29, 1.82) is 0 Å². The Morgan fingerprint density at radius 2 is 2.43 bits per heavy atom. The maximum atomic E-state index is 12.2. The minimum Gasteiger partial charge on any atom is -0.378 e. The molecular weight excluding hydrogens is 266 g/mol. The third-order valence-electron chi connectivity index (χ3n) is 4.72. The monoisotopic (exact) mass is 289 g/mol. The first-order chi connectivity index (χ1) is 9.98. The number of carbonyl (C=O) groups excluding carboxylic acids is 1. The van der Waals surface area contributed by atoms with Crippen LogP contribution >= 0.6 is 0 Å². The summed E-state index contributed by atoms with van der Waals surface area (Å²) < 4.78 is 0. The first-order valence-corrected chi connectivity index (χ1v) is 7.42. The van der Waals surface area contributed by atoms with Crippen molar-refractivity contribution in [2.75, 3.05) is 32.1 Å². The third-order valence-corrected chi connectivity index (χ3v) is 4.72.